The lowest BCUT2D eigenvalue weighted by Crippen LogP contribution is -2.48. The lowest BCUT2D eigenvalue weighted by molar-refractivity contribution is -0.133. The molecular formula is C20H31N3O3. The molecule has 1 aliphatic heterocycles. The van der Waals surface area contributed by atoms with E-state index in [0.29, 0.717) is 26.2 Å². The van der Waals surface area contributed by atoms with Gasteiger partial charge in [-0.25, -0.2) is 4.79 Å². The monoisotopic (exact) mass is 361 g/mol. The van der Waals surface area contributed by atoms with Gasteiger partial charge in [0.1, 0.15) is 6.61 Å². The van der Waals surface area contributed by atoms with Gasteiger partial charge < -0.3 is 20.3 Å². The Balaban J connectivity index is 1.81. The molecule has 1 aromatic carbocycles. The fourth-order valence-electron chi connectivity index (χ4n) is 3.14. The summed E-state index contributed by atoms with van der Waals surface area (Å²) in [6, 6.07) is 9.18. The maximum atomic E-state index is 12.5. The number of carbonyl (C=O) groups is 2. The van der Waals surface area contributed by atoms with Gasteiger partial charge in [0, 0.05) is 26.2 Å². The normalized spacial score (nSPS) is 18.0. The van der Waals surface area contributed by atoms with Gasteiger partial charge in [0.15, 0.2) is 0 Å². The van der Waals surface area contributed by atoms with Crippen LogP contribution in [0, 0.1) is 11.8 Å². The molecule has 1 heterocycles. The molecule has 6 nitrogen and oxygen atoms in total. The van der Waals surface area contributed by atoms with Gasteiger partial charge in [-0.1, -0.05) is 44.2 Å². The van der Waals surface area contributed by atoms with Crippen molar-refractivity contribution in [3.05, 3.63) is 35.9 Å². The van der Waals surface area contributed by atoms with Crippen molar-refractivity contribution in [2.24, 2.45) is 17.6 Å². The molecule has 0 spiro atoms. The lowest BCUT2D eigenvalue weighted by atomic mass is 10.0. The Morgan fingerprint density at radius 3 is 2.62 bits per heavy atom. The summed E-state index contributed by atoms with van der Waals surface area (Å²) < 4.78 is 5.40. The molecule has 2 amide bonds. The first-order valence-electron chi connectivity index (χ1n) is 9.42. The molecule has 1 aromatic rings. The van der Waals surface area contributed by atoms with Gasteiger partial charge >= 0.3 is 6.09 Å². The Bertz CT molecular complexity index is 591. The molecule has 0 aliphatic carbocycles. The van der Waals surface area contributed by atoms with Crippen LogP contribution in [0.2, 0.25) is 0 Å². The number of carbonyl (C=O) groups excluding carboxylic acids is 2. The number of hydrogen-bond donors (Lipinski definition) is 1. The summed E-state index contributed by atoms with van der Waals surface area (Å²) in [6.07, 6.45) is 0.589. The second-order valence-corrected chi connectivity index (χ2v) is 7.29. The van der Waals surface area contributed by atoms with Crippen molar-refractivity contribution in [2.45, 2.75) is 39.8 Å². The zero-order chi connectivity index (χ0) is 19.1. The molecule has 0 bridgehead atoms. The lowest BCUT2D eigenvalue weighted by Gasteiger charge is -2.28. The molecule has 0 radical (unpaired) electrons. The molecule has 6 heteroatoms. The molecule has 2 rings (SSSR count). The summed E-state index contributed by atoms with van der Waals surface area (Å²) >= 11 is 0. The topological polar surface area (TPSA) is 75.9 Å². The highest BCUT2D eigenvalue weighted by Crippen LogP contribution is 2.19. The predicted octanol–water partition coefficient (Wildman–Crippen LogP) is 2.48. The van der Waals surface area contributed by atoms with E-state index in [-0.39, 0.29) is 30.4 Å². The maximum absolute atomic E-state index is 12.5. The van der Waals surface area contributed by atoms with Crippen LogP contribution in [0.25, 0.3) is 0 Å². The number of amides is 2. The first kappa shape index (κ1) is 20.2. The molecule has 0 saturated carbocycles. The van der Waals surface area contributed by atoms with Crippen molar-refractivity contribution in [3.63, 3.8) is 0 Å². The number of likely N-dealkylation sites (N-methyl/N-ethyl adjacent to an activating group) is 1. The highest BCUT2D eigenvalue weighted by atomic mass is 16.6. The smallest absolute Gasteiger partial charge is 0.410 e. The number of nitrogens with two attached hydrogens (primary N) is 1. The van der Waals surface area contributed by atoms with E-state index >= 15 is 0 Å². The van der Waals surface area contributed by atoms with Crippen molar-refractivity contribution in [1.29, 1.82) is 0 Å². The highest BCUT2D eigenvalue weighted by Gasteiger charge is 2.31. The van der Waals surface area contributed by atoms with Crippen LogP contribution in [-0.4, -0.2) is 54.0 Å². The average molecular weight is 361 g/mol. The van der Waals surface area contributed by atoms with E-state index < -0.39 is 6.04 Å². The van der Waals surface area contributed by atoms with E-state index in [4.69, 9.17) is 10.5 Å². The van der Waals surface area contributed by atoms with Crippen molar-refractivity contribution in [2.75, 3.05) is 26.2 Å². The Morgan fingerprint density at radius 1 is 1.31 bits per heavy atom. The summed E-state index contributed by atoms with van der Waals surface area (Å²) in [6.45, 7) is 8.71. The summed E-state index contributed by atoms with van der Waals surface area (Å²) in [4.78, 5) is 28.3. The molecule has 0 aromatic heterocycles. The zero-order valence-electron chi connectivity index (χ0n) is 16.1. The molecule has 1 saturated heterocycles. The van der Waals surface area contributed by atoms with Crippen molar-refractivity contribution < 1.29 is 14.3 Å². The van der Waals surface area contributed by atoms with Crippen LogP contribution < -0.4 is 5.73 Å². The van der Waals surface area contributed by atoms with Gasteiger partial charge in [0.05, 0.1) is 6.04 Å². The summed E-state index contributed by atoms with van der Waals surface area (Å²) in [5, 5.41) is 0. The van der Waals surface area contributed by atoms with E-state index in [0.717, 1.165) is 12.0 Å². The zero-order valence-corrected chi connectivity index (χ0v) is 16.1. The van der Waals surface area contributed by atoms with Crippen molar-refractivity contribution in [1.82, 2.24) is 9.80 Å². The van der Waals surface area contributed by atoms with Crippen molar-refractivity contribution in [3.8, 4) is 0 Å². The van der Waals surface area contributed by atoms with Crippen LogP contribution in [0.15, 0.2) is 30.3 Å². The number of rotatable bonds is 7. The van der Waals surface area contributed by atoms with Crippen LogP contribution in [-0.2, 0) is 16.1 Å². The van der Waals surface area contributed by atoms with Gasteiger partial charge in [0.25, 0.3) is 0 Å². The largest absolute Gasteiger partial charge is 0.445 e. The minimum atomic E-state index is -0.469. The summed E-state index contributed by atoms with van der Waals surface area (Å²) in [5.74, 6) is 0.375. The van der Waals surface area contributed by atoms with Gasteiger partial charge in [-0.2, -0.15) is 0 Å². The molecule has 2 atom stereocenters. The number of benzene rings is 1. The molecular weight excluding hydrogens is 330 g/mol. The predicted molar refractivity (Wildman–Crippen MR) is 101 cm³/mol. The second kappa shape index (κ2) is 9.57. The third-order valence-corrected chi connectivity index (χ3v) is 4.92. The van der Waals surface area contributed by atoms with Crippen LogP contribution in [0.5, 0.6) is 0 Å². The molecule has 0 unspecified atom stereocenters. The molecule has 26 heavy (non-hydrogen) atoms. The summed E-state index contributed by atoms with van der Waals surface area (Å²) in [7, 11) is 0. The van der Waals surface area contributed by atoms with Crippen LogP contribution in [0.3, 0.4) is 0 Å². The fourth-order valence-corrected chi connectivity index (χ4v) is 3.14. The number of hydrogen-bond acceptors (Lipinski definition) is 4. The Morgan fingerprint density at radius 2 is 2.00 bits per heavy atom. The number of ether oxygens (including phenoxy) is 1. The van der Waals surface area contributed by atoms with Crippen LogP contribution in [0.1, 0.15) is 32.8 Å². The fraction of sp³-hybridized carbons (Fsp3) is 0.600. The summed E-state index contributed by atoms with van der Waals surface area (Å²) in [5.41, 5.74) is 6.98. The van der Waals surface area contributed by atoms with Crippen LogP contribution in [0.4, 0.5) is 4.79 Å². The van der Waals surface area contributed by atoms with Crippen LogP contribution >= 0.6 is 0 Å². The molecule has 1 fully saturated rings. The third kappa shape index (κ3) is 5.46. The average Bonchev–Trinajstić information content (AvgIpc) is 3.12. The molecule has 144 valence electrons. The number of likely N-dealkylation sites (tertiary alicyclic amines) is 1. The van der Waals surface area contributed by atoms with E-state index in [1.807, 2.05) is 56.0 Å². The van der Waals surface area contributed by atoms with Gasteiger partial charge in [0.2, 0.25) is 5.91 Å². The highest BCUT2D eigenvalue weighted by molar-refractivity contribution is 5.81. The Labute approximate surface area is 156 Å². The Hall–Kier alpha value is -2.08. The first-order valence-corrected chi connectivity index (χ1v) is 9.42. The molecule has 2 N–H and O–H groups in total. The first-order chi connectivity index (χ1) is 12.4. The minimum Gasteiger partial charge on any atom is -0.445 e. The van der Waals surface area contributed by atoms with Gasteiger partial charge in [-0.15, -0.1) is 0 Å². The maximum Gasteiger partial charge on any atom is 0.410 e. The van der Waals surface area contributed by atoms with Gasteiger partial charge in [-0.3, -0.25) is 4.79 Å². The molecule has 1 aliphatic rings. The minimum absolute atomic E-state index is 0.00685. The van der Waals surface area contributed by atoms with E-state index in [1.165, 1.54) is 0 Å². The van der Waals surface area contributed by atoms with E-state index in [9.17, 15) is 9.59 Å². The second-order valence-electron chi connectivity index (χ2n) is 7.29. The van der Waals surface area contributed by atoms with Gasteiger partial charge in [-0.05, 0) is 30.7 Å². The standard InChI is InChI=1S/C20H31N3O3/c1-4-22(19(24)18(21)15(2)3)12-17-10-11-23(13-17)20(25)26-14-16-8-6-5-7-9-16/h5-9,15,17-18H,4,10-14,21H2,1-3H3/t17-,18+/m1/s1. The Kier molecular flexibility index (Phi) is 7.45. The number of nitrogens with zero attached hydrogens (tertiary/aromatic N) is 2. The van der Waals surface area contributed by atoms with E-state index in [2.05, 4.69) is 0 Å². The van der Waals surface area contributed by atoms with Crippen molar-refractivity contribution >= 4 is 12.0 Å². The third-order valence-electron chi connectivity index (χ3n) is 4.92. The van der Waals surface area contributed by atoms with E-state index in [1.54, 1.807) is 4.90 Å². The SMILES string of the molecule is CCN(C[C@H]1CCN(C(=O)OCc2ccccc2)C1)C(=O)[C@@H](N)C(C)C. The quantitative estimate of drug-likeness (QED) is 0.809.